The number of carbonyl (C=O) groups excluding carboxylic acids is 3. The minimum Gasteiger partial charge on any atom is -0.368 e. The number of aryl methyl sites for hydroxylation is 2. The first-order valence-corrected chi connectivity index (χ1v) is 53.8. The molecule has 6 aliphatic heterocycles. The number of amides is 2. The van der Waals surface area contributed by atoms with Gasteiger partial charge in [-0.15, -0.1) is 0 Å². The van der Waals surface area contributed by atoms with E-state index in [4.69, 9.17) is 29.9 Å². The van der Waals surface area contributed by atoms with Gasteiger partial charge < -0.3 is 44.3 Å². The molecule has 5 saturated heterocycles. The van der Waals surface area contributed by atoms with Crippen LogP contribution >= 0.6 is 0 Å². The highest BCUT2D eigenvalue weighted by Crippen LogP contribution is 2.46. The highest BCUT2D eigenvalue weighted by atomic mass is 19.1. The largest absolute Gasteiger partial charge is 0.368 e. The van der Waals surface area contributed by atoms with Gasteiger partial charge in [0.25, 0.3) is 11.5 Å². The van der Waals surface area contributed by atoms with E-state index in [0.717, 1.165) is 243 Å². The summed E-state index contributed by atoms with van der Waals surface area (Å²) in [5.74, 6) is 3.34. The third-order valence-electron chi connectivity index (χ3n) is 31.8. The summed E-state index contributed by atoms with van der Waals surface area (Å²) in [6.07, 6.45) is 31.3. The molecule has 1 unspecified atom stereocenters. The van der Waals surface area contributed by atoms with Gasteiger partial charge in [-0.3, -0.25) is 63.2 Å². The van der Waals surface area contributed by atoms with Crippen LogP contribution in [-0.2, 0) is 37.0 Å². The van der Waals surface area contributed by atoms with Gasteiger partial charge in [-0.1, -0.05) is 51.0 Å². The lowest BCUT2D eigenvalue weighted by Gasteiger charge is -2.51. The maximum absolute atomic E-state index is 15.0. The number of Topliss-reactive ketones (excluding diaryl/α,β-unsaturated/α-hetero) is 1. The highest BCUT2D eigenvalue weighted by Gasteiger charge is 2.52. The van der Waals surface area contributed by atoms with Crippen LogP contribution in [0.15, 0.2) is 121 Å². The number of carbonyl (C=O) groups is 3. The third kappa shape index (κ3) is 23.6. The number of halogens is 2. The van der Waals surface area contributed by atoms with Crippen molar-refractivity contribution in [3.8, 4) is 11.3 Å². The van der Waals surface area contributed by atoms with Crippen LogP contribution in [0.3, 0.4) is 0 Å². The van der Waals surface area contributed by atoms with Crippen LogP contribution in [-0.4, -0.2) is 285 Å². The van der Waals surface area contributed by atoms with Crippen LogP contribution in [0.25, 0.3) is 44.4 Å². The summed E-state index contributed by atoms with van der Waals surface area (Å²) in [6, 6.07) is 21.9. The Bertz CT molecular complexity index is 6770. The summed E-state index contributed by atoms with van der Waals surface area (Å²) in [5.41, 5.74) is 13.5. The Hall–Kier alpha value is -12.4. The molecule has 148 heavy (non-hydrogen) atoms. The number of ketones is 1. The second-order valence-electron chi connectivity index (χ2n) is 46.5. The van der Waals surface area contributed by atoms with E-state index < -0.39 is 11.6 Å². The fourth-order valence-corrected chi connectivity index (χ4v) is 23.3. The average molecular weight is 2020 g/mol. The molecule has 12 aromatic rings. The predicted molar refractivity (Wildman–Crippen MR) is 582 cm³/mol. The summed E-state index contributed by atoms with van der Waals surface area (Å²) in [4.78, 5) is 136. The van der Waals surface area contributed by atoms with Gasteiger partial charge >= 0.3 is 0 Å². The number of benzene rings is 1. The summed E-state index contributed by atoms with van der Waals surface area (Å²) in [7, 11) is 3.60. The number of rotatable bonds is 19. The zero-order valence-electron chi connectivity index (χ0n) is 90.5. The molecule has 3 aliphatic carbocycles. The highest BCUT2D eigenvalue weighted by molar-refractivity contribution is 6.00. The zero-order chi connectivity index (χ0) is 105. The van der Waals surface area contributed by atoms with Crippen LogP contribution in [0.4, 0.5) is 43.4 Å². The number of fused-ring (bicyclic) bond motifs is 7. The normalized spacial score (nSPS) is 18.6. The lowest BCUT2D eigenvalue weighted by molar-refractivity contribution is -0.124. The number of imidazole rings is 1. The number of aromatic nitrogens is 16. The smallest absolute Gasteiger partial charge is 0.270 e. The van der Waals surface area contributed by atoms with E-state index in [1.807, 2.05) is 93.7 Å². The van der Waals surface area contributed by atoms with E-state index >= 15 is 0 Å². The fraction of sp³-hybridized carbons (Fsp3) is 0.553. The molecule has 0 bridgehead atoms. The molecule has 3 saturated carbocycles. The average Bonchev–Trinajstić information content (AvgIpc) is 1.50. The minimum absolute atomic E-state index is 0.00457. The van der Waals surface area contributed by atoms with Crippen LogP contribution in [0, 0.1) is 25.5 Å². The number of nitrogens with zero attached hydrogens (tertiary/aromatic N) is 26. The van der Waals surface area contributed by atoms with Crippen molar-refractivity contribution in [1.82, 2.24) is 113 Å². The van der Waals surface area contributed by atoms with Crippen molar-refractivity contribution in [2.75, 3.05) is 150 Å². The summed E-state index contributed by atoms with van der Waals surface area (Å²) >= 11 is 0. The Morgan fingerprint density at radius 1 is 0.514 bits per heavy atom. The maximum Gasteiger partial charge on any atom is 0.270 e. The van der Waals surface area contributed by atoms with Gasteiger partial charge in [0.2, 0.25) is 11.9 Å². The summed E-state index contributed by atoms with van der Waals surface area (Å²) < 4.78 is 35.7. The number of hydrogen-bond acceptors (Lipinski definition) is 27. The summed E-state index contributed by atoms with van der Waals surface area (Å²) in [5, 5.41) is 7.95. The number of pyridine rings is 5. The topological polar surface area (TPSA) is 307 Å². The molecule has 2 N–H and O–H groups in total. The lowest BCUT2D eigenvalue weighted by atomic mass is 9.78. The number of hydrogen-bond donors (Lipinski definition) is 2. The Morgan fingerprint density at radius 3 is 1.50 bits per heavy atom. The maximum atomic E-state index is 15.0. The van der Waals surface area contributed by atoms with Crippen LogP contribution in [0.2, 0.25) is 0 Å². The predicted octanol–water partition coefficient (Wildman–Crippen LogP) is 17.1. The van der Waals surface area contributed by atoms with Crippen molar-refractivity contribution >= 4 is 85.3 Å². The Balaban J connectivity index is 0.000000129. The van der Waals surface area contributed by atoms with Gasteiger partial charge in [-0.25, -0.2) is 58.6 Å². The Labute approximate surface area is 870 Å². The van der Waals surface area contributed by atoms with Gasteiger partial charge in [0.1, 0.15) is 69.2 Å². The molecule has 32 nitrogen and oxygen atoms in total. The third-order valence-corrected chi connectivity index (χ3v) is 31.8. The van der Waals surface area contributed by atoms with Gasteiger partial charge in [0.15, 0.2) is 17.4 Å². The van der Waals surface area contributed by atoms with Crippen molar-refractivity contribution in [3.63, 3.8) is 0 Å². The number of anilines is 6. The number of piperazine rings is 5. The summed E-state index contributed by atoms with van der Waals surface area (Å²) in [6.45, 7) is 54.6. The van der Waals surface area contributed by atoms with Gasteiger partial charge in [0.05, 0.1) is 77.7 Å². The van der Waals surface area contributed by atoms with E-state index in [2.05, 4.69) is 208 Å². The molecular weight excluding hydrogens is 1860 g/mol. The van der Waals surface area contributed by atoms with Gasteiger partial charge in [0, 0.05) is 242 Å². The van der Waals surface area contributed by atoms with Gasteiger partial charge in [-0.2, -0.15) is 0 Å². The molecule has 0 radical (unpaired) electrons. The molecule has 8 fully saturated rings. The monoisotopic (exact) mass is 2020 g/mol. The first kappa shape index (κ1) is 106. The molecule has 21 rings (SSSR count). The van der Waals surface area contributed by atoms with E-state index in [0.29, 0.717) is 77.2 Å². The molecule has 9 aliphatic rings. The molecule has 11 aromatic heterocycles. The van der Waals surface area contributed by atoms with Crippen LogP contribution in [0.5, 0.6) is 0 Å². The molecule has 17 heterocycles. The minimum atomic E-state index is -0.638. The second kappa shape index (κ2) is 44.0. The Morgan fingerprint density at radius 2 is 1.01 bits per heavy atom. The molecule has 34 heteroatoms. The van der Waals surface area contributed by atoms with Crippen molar-refractivity contribution in [3.05, 3.63) is 207 Å². The van der Waals surface area contributed by atoms with Gasteiger partial charge in [-0.05, 0) is 228 Å². The molecule has 2 amide bonds. The van der Waals surface area contributed by atoms with E-state index in [-0.39, 0.29) is 91.7 Å². The molecule has 786 valence electrons. The standard InChI is InChI=1S/C29H36F2N8.C29H38N6O2.2C28H39N7O/c1-18(2)39-19(3)34-27-22(30)13-21(14-24(27)39)26-23(31)16-33-28(36-26)35-25-8-7-20(15-32-25)17-37-9-11-38(12-10-37)29(4,5)6;1-19-24-18-31-25(32-27(24)35(22-8-6-7-9-22)28(37)26(19)20(2)36)16-21-10-11-23(17-30-21)33-12-14-34(15-13-33)29(3,4)5;1-27(2,3)34-13-11-33(12-14-34)22-8-7-21(29-18-22)16-24-30-17-20-15-23-26(36)31-19-28(9-5-4-6-10-28)35(23)25(20)32-24;1-28(2,3)34-14-12-33(13-15-34)23-11-10-21(29-19-23)17-25-30-18-20-16-24(27(36)32(4)5)35(26(20)31-25)22-8-6-7-9-22/h7-8,13-16,18H,9-12,17H2,1-6H3,(H,32,33,35,36);10-11,17-18,22H,6-9,12-16H2,1-5H3;7-8,17-18,23H,4-6,9-16,19H2,1-3H3,(H,31,36);10-11,16,18-19,22H,6-9,12-15,17H2,1-5H3. The van der Waals surface area contributed by atoms with Crippen LogP contribution < -0.4 is 35.8 Å². The van der Waals surface area contributed by atoms with Crippen molar-refractivity contribution in [2.45, 2.75) is 285 Å². The van der Waals surface area contributed by atoms with Crippen molar-refractivity contribution in [1.29, 1.82) is 0 Å². The molecule has 1 atom stereocenters. The second-order valence-corrected chi connectivity index (χ2v) is 46.5. The van der Waals surface area contributed by atoms with Crippen molar-refractivity contribution < 1.29 is 23.2 Å². The SMILES string of the molecule is CC(=O)c1c(C)c2cnc(Cc3ccc(N4CCN(C(C)(C)C)CC4)cn3)nc2n(C2CCCC2)c1=O.CC(C)(C)N1CCN(c2ccc(Cc3ncc4c(n3)N3C(C4)C(=O)NCC34CCCCC4)nc2)CC1.CN(C)C(=O)c1cc2cnc(Cc3ccc(N4CCN(C(C)(C)C)CC4)cn3)nc2n1C1CCCC1.Cc1nc2c(F)cc(-c3nc(Nc4ccc(CN5CCN(C(C)(C)C)CC5)cn4)ncc3F)cc2n1C(C)C. The molecular formula is C114H152F2N28O4. The first-order chi connectivity index (χ1) is 70.6. The lowest BCUT2D eigenvalue weighted by Crippen LogP contribution is -2.68. The zero-order valence-corrected chi connectivity index (χ0v) is 90.5. The van der Waals surface area contributed by atoms with E-state index in [1.165, 1.54) is 56.5 Å². The Kier molecular flexibility index (Phi) is 31.4. The molecule has 1 spiro atoms. The van der Waals surface area contributed by atoms with Crippen molar-refractivity contribution in [2.24, 2.45) is 0 Å². The van der Waals surface area contributed by atoms with E-state index in [9.17, 15) is 28.0 Å². The first-order valence-electron chi connectivity index (χ1n) is 53.8. The quantitative estimate of drug-likeness (QED) is 0.0711. The van der Waals surface area contributed by atoms with E-state index in [1.54, 1.807) is 35.8 Å². The van der Waals surface area contributed by atoms with Crippen LogP contribution in [0.1, 0.15) is 283 Å². The fourth-order valence-electron chi connectivity index (χ4n) is 23.3. The molecule has 1 aromatic carbocycles. The number of nitrogens with one attached hydrogen (secondary N) is 2.